The average molecular weight is 593 g/mol. The first kappa shape index (κ1) is 35.1. The van der Waals surface area contributed by atoms with Gasteiger partial charge in [-0.1, -0.05) is 120 Å². The van der Waals surface area contributed by atoms with Gasteiger partial charge in [0.15, 0.2) is 0 Å². The molecule has 1 aliphatic rings. The molecule has 0 spiro atoms. The van der Waals surface area contributed by atoms with Crippen LogP contribution in [0.3, 0.4) is 0 Å². The molecule has 1 unspecified atom stereocenters. The molecule has 2 aromatic carbocycles. The lowest BCUT2D eigenvalue weighted by molar-refractivity contribution is -0.156. The van der Waals surface area contributed by atoms with Crippen LogP contribution in [0.1, 0.15) is 114 Å². The molecule has 5 heteroatoms. The number of unbranched alkanes of at least 4 members (excludes halogenated alkanes) is 11. The van der Waals surface area contributed by atoms with Crippen molar-refractivity contribution in [3.8, 4) is 5.75 Å². The fourth-order valence-electron chi connectivity index (χ4n) is 6.62. The van der Waals surface area contributed by atoms with Crippen LogP contribution >= 0.6 is 0 Å². The summed E-state index contributed by atoms with van der Waals surface area (Å²) >= 11 is 0. The molecule has 0 aliphatic carbocycles. The third-order valence-corrected chi connectivity index (χ3v) is 9.42. The van der Waals surface area contributed by atoms with Crippen molar-refractivity contribution in [1.82, 2.24) is 4.90 Å². The second-order valence-electron chi connectivity index (χ2n) is 13.0. The minimum atomic E-state index is -0.463. The van der Waals surface area contributed by atoms with E-state index in [-0.39, 0.29) is 12.0 Å². The summed E-state index contributed by atoms with van der Waals surface area (Å²) in [6.07, 6.45) is 19.3. The zero-order valence-electron chi connectivity index (χ0n) is 27.6. The fourth-order valence-corrected chi connectivity index (χ4v) is 6.62. The Bertz CT molecular complexity index is 1050. The van der Waals surface area contributed by atoms with E-state index in [1.807, 2.05) is 0 Å². The van der Waals surface area contributed by atoms with Crippen LogP contribution in [0.25, 0.3) is 0 Å². The summed E-state index contributed by atoms with van der Waals surface area (Å²) in [5.74, 6) is 0.890. The second kappa shape index (κ2) is 19.8. The van der Waals surface area contributed by atoms with E-state index in [0.717, 1.165) is 64.1 Å². The maximum absolute atomic E-state index is 13.0. The highest BCUT2D eigenvalue weighted by Gasteiger charge is 2.42. The molecule has 1 atom stereocenters. The summed E-state index contributed by atoms with van der Waals surface area (Å²) < 4.78 is 11.5. The Hall–Kier alpha value is -2.37. The minimum absolute atomic E-state index is 0.0124. The Morgan fingerprint density at radius 2 is 1.40 bits per heavy atom. The van der Waals surface area contributed by atoms with E-state index in [0.29, 0.717) is 0 Å². The van der Waals surface area contributed by atoms with E-state index in [1.54, 1.807) is 0 Å². The largest absolute Gasteiger partial charge is 0.493 e. The number of carbonyl (C=O) groups excluding carboxylic acids is 1. The highest BCUT2D eigenvalue weighted by Crippen LogP contribution is 2.37. The third-order valence-electron chi connectivity index (χ3n) is 9.42. The van der Waals surface area contributed by atoms with Crippen molar-refractivity contribution in [3.05, 3.63) is 65.2 Å². The maximum atomic E-state index is 13.0. The highest BCUT2D eigenvalue weighted by atomic mass is 16.5. The third kappa shape index (κ3) is 12.3. The van der Waals surface area contributed by atoms with Gasteiger partial charge >= 0.3 is 5.97 Å². The van der Waals surface area contributed by atoms with Crippen LogP contribution in [0.2, 0.25) is 0 Å². The number of rotatable bonds is 21. The molecule has 5 nitrogen and oxygen atoms in total. The number of esters is 1. The molecule has 0 amide bonds. The first-order chi connectivity index (χ1) is 21.0. The second-order valence-corrected chi connectivity index (χ2v) is 13.0. The van der Waals surface area contributed by atoms with Gasteiger partial charge in [-0.3, -0.25) is 4.79 Å². The summed E-state index contributed by atoms with van der Waals surface area (Å²) in [5, 5.41) is 0. The molecule has 1 saturated heterocycles. The molecular weight excluding hydrogens is 532 g/mol. The Labute approximate surface area is 262 Å². The van der Waals surface area contributed by atoms with Gasteiger partial charge in [0.25, 0.3) is 0 Å². The Morgan fingerprint density at radius 1 is 0.837 bits per heavy atom. The predicted molar refractivity (Wildman–Crippen MR) is 180 cm³/mol. The SMILES string of the molecule is CCCCCCCCCCCCCCOc1ccccc1CC(N)CN1CCC(Cc2ccccc2C)(C(=O)OC)CC1. The number of hydrogen-bond acceptors (Lipinski definition) is 5. The van der Waals surface area contributed by atoms with Gasteiger partial charge in [-0.25, -0.2) is 0 Å². The number of hydrogen-bond donors (Lipinski definition) is 1. The Morgan fingerprint density at radius 3 is 2.00 bits per heavy atom. The van der Waals surface area contributed by atoms with Gasteiger partial charge in [0.1, 0.15) is 5.75 Å². The van der Waals surface area contributed by atoms with Crippen molar-refractivity contribution in [2.24, 2.45) is 11.1 Å². The molecule has 0 radical (unpaired) electrons. The van der Waals surface area contributed by atoms with Crippen LogP contribution in [0.4, 0.5) is 0 Å². The van der Waals surface area contributed by atoms with E-state index in [2.05, 4.69) is 67.3 Å². The normalized spacial score (nSPS) is 15.7. The number of piperidine rings is 1. The van der Waals surface area contributed by atoms with Crippen LogP contribution in [-0.4, -0.2) is 50.3 Å². The number of aryl methyl sites for hydroxylation is 1. The van der Waals surface area contributed by atoms with Crippen LogP contribution < -0.4 is 10.5 Å². The van der Waals surface area contributed by atoms with Crippen LogP contribution in [-0.2, 0) is 22.4 Å². The monoisotopic (exact) mass is 592 g/mol. The molecule has 2 N–H and O–H groups in total. The number of likely N-dealkylation sites (tertiary alicyclic amines) is 1. The van der Waals surface area contributed by atoms with Crippen LogP contribution in [0.15, 0.2) is 48.5 Å². The number of para-hydroxylation sites is 1. The molecule has 1 aliphatic heterocycles. The number of methoxy groups -OCH3 is 1. The first-order valence-electron chi connectivity index (χ1n) is 17.3. The standard InChI is InChI=1S/C38H60N2O3/c1-4-5-6-7-8-9-10-11-12-13-14-19-28-43-36-23-18-17-21-33(36)29-35(39)31-40-26-24-38(25-27-40,37(41)42-3)30-34-22-16-15-20-32(34)2/h15-18,20-23,35H,4-14,19,24-31,39H2,1-3H3. The molecule has 0 bridgehead atoms. The predicted octanol–water partition coefficient (Wildman–Crippen LogP) is 8.44. The van der Waals surface area contributed by atoms with Gasteiger partial charge in [0.05, 0.1) is 19.1 Å². The molecule has 1 fully saturated rings. The van der Waals surface area contributed by atoms with Crippen molar-refractivity contribution in [1.29, 1.82) is 0 Å². The molecule has 3 rings (SSSR count). The smallest absolute Gasteiger partial charge is 0.312 e. The van der Waals surface area contributed by atoms with Crippen molar-refractivity contribution >= 4 is 5.97 Å². The molecule has 240 valence electrons. The lowest BCUT2D eigenvalue weighted by atomic mass is 9.73. The van der Waals surface area contributed by atoms with Gasteiger partial charge in [-0.15, -0.1) is 0 Å². The number of nitrogens with two attached hydrogens (primary N) is 1. The van der Waals surface area contributed by atoms with E-state index >= 15 is 0 Å². The fraction of sp³-hybridized carbons (Fsp3) is 0.658. The number of nitrogens with zero attached hydrogens (tertiary/aromatic N) is 1. The maximum Gasteiger partial charge on any atom is 0.312 e. The lowest BCUT2D eigenvalue weighted by Crippen LogP contribution is -2.49. The summed E-state index contributed by atoms with van der Waals surface area (Å²) in [6, 6.07) is 16.7. The lowest BCUT2D eigenvalue weighted by Gasteiger charge is -2.40. The summed E-state index contributed by atoms with van der Waals surface area (Å²) in [5.41, 5.74) is 9.88. The summed E-state index contributed by atoms with van der Waals surface area (Å²) in [4.78, 5) is 15.4. The Kier molecular flexibility index (Phi) is 16.2. The number of carbonyl (C=O) groups is 1. The van der Waals surface area contributed by atoms with Crippen molar-refractivity contribution in [3.63, 3.8) is 0 Å². The van der Waals surface area contributed by atoms with E-state index in [1.165, 1.54) is 94.4 Å². The molecular formula is C38H60N2O3. The van der Waals surface area contributed by atoms with Crippen LogP contribution in [0, 0.1) is 12.3 Å². The summed E-state index contributed by atoms with van der Waals surface area (Å²) in [6.45, 7) is 7.69. The van der Waals surface area contributed by atoms with Crippen molar-refractivity contribution in [2.75, 3.05) is 33.4 Å². The number of benzene rings is 2. The Balaban J connectivity index is 1.36. The van der Waals surface area contributed by atoms with Crippen LogP contribution in [0.5, 0.6) is 5.75 Å². The molecule has 2 aromatic rings. The van der Waals surface area contributed by atoms with E-state index < -0.39 is 5.41 Å². The number of ether oxygens (including phenoxy) is 2. The van der Waals surface area contributed by atoms with Crippen molar-refractivity contribution < 1.29 is 14.3 Å². The van der Waals surface area contributed by atoms with Gasteiger partial charge < -0.3 is 20.1 Å². The minimum Gasteiger partial charge on any atom is -0.493 e. The van der Waals surface area contributed by atoms with Gasteiger partial charge in [-0.2, -0.15) is 0 Å². The van der Waals surface area contributed by atoms with E-state index in [4.69, 9.17) is 15.2 Å². The van der Waals surface area contributed by atoms with Gasteiger partial charge in [0.2, 0.25) is 0 Å². The zero-order chi connectivity index (χ0) is 30.8. The molecule has 0 saturated carbocycles. The average Bonchev–Trinajstić information content (AvgIpc) is 3.02. The zero-order valence-corrected chi connectivity index (χ0v) is 27.6. The van der Waals surface area contributed by atoms with Crippen molar-refractivity contribution in [2.45, 2.75) is 123 Å². The topological polar surface area (TPSA) is 64.8 Å². The summed E-state index contributed by atoms with van der Waals surface area (Å²) in [7, 11) is 1.52. The molecule has 0 aromatic heterocycles. The molecule has 43 heavy (non-hydrogen) atoms. The van der Waals surface area contributed by atoms with E-state index in [9.17, 15) is 4.79 Å². The quantitative estimate of drug-likeness (QED) is 0.116. The first-order valence-corrected chi connectivity index (χ1v) is 17.3. The van der Waals surface area contributed by atoms with Gasteiger partial charge in [-0.05, 0) is 74.9 Å². The highest BCUT2D eigenvalue weighted by molar-refractivity contribution is 5.77. The molecule has 1 heterocycles. The van der Waals surface area contributed by atoms with Gasteiger partial charge in [0, 0.05) is 12.6 Å².